The number of hydrogen-bond donors (Lipinski definition) is 2. The van der Waals surface area contributed by atoms with E-state index in [1.807, 2.05) is 25.1 Å². The smallest absolute Gasteiger partial charge is 0.309 e. The summed E-state index contributed by atoms with van der Waals surface area (Å²) in [6, 6.07) is 5.40. The normalized spacial score (nSPS) is 10.2. The van der Waals surface area contributed by atoms with E-state index < -0.39 is 11.8 Å². The van der Waals surface area contributed by atoms with E-state index in [0.29, 0.717) is 18.8 Å². The summed E-state index contributed by atoms with van der Waals surface area (Å²) in [6.07, 6.45) is 1.64. The van der Waals surface area contributed by atoms with E-state index >= 15 is 0 Å². The first-order valence-corrected chi connectivity index (χ1v) is 5.70. The molecule has 0 atom stereocenters. The zero-order chi connectivity index (χ0) is 13.4. The van der Waals surface area contributed by atoms with Gasteiger partial charge < -0.3 is 15.5 Å². The summed E-state index contributed by atoms with van der Waals surface area (Å²) in [4.78, 5) is 28.8. The third-order valence-electron chi connectivity index (χ3n) is 2.21. The average molecular weight is 250 g/mol. The SMILES string of the molecule is CN(C)CCNC(=O)C(=O)NCc1ccccn1. The minimum Gasteiger partial charge on any atom is -0.347 e. The number of aromatic nitrogens is 1. The van der Waals surface area contributed by atoms with Gasteiger partial charge in [-0.15, -0.1) is 0 Å². The minimum absolute atomic E-state index is 0.251. The molecule has 0 radical (unpaired) electrons. The number of nitrogens with zero attached hydrogens (tertiary/aromatic N) is 2. The Morgan fingerprint density at radius 3 is 2.56 bits per heavy atom. The van der Waals surface area contributed by atoms with Crippen molar-refractivity contribution >= 4 is 11.8 Å². The van der Waals surface area contributed by atoms with Crippen LogP contribution in [0.1, 0.15) is 5.69 Å². The first-order valence-electron chi connectivity index (χ1n) is 5.70. The van der Waals surface area contributed by atoms with Crippen molar-refractivity contribution in [3.8, 4) is 0 Å². The molecular weight excluding hydrogens is 232 g/mol. The molecular formula is C12H18N4O2. The van der Waals surface area contributed by atoms with Crippen molar-refractivity contribution < 1.29 is 9.59 Å². The van der Waals surface area contributed by atoms with Gasteiger partial charge in [0.05, 0.1) is 12.2 Å². The third kappa shape index (κ3) is 5.40. The Labute approximate surface area is 106 Å². The molecule has 0 bridgehead atoms. The van der Waals surface area contributed by atoms with Crippen LogP contribution in [0.3, 0.4) is 0 Å². The van der Waals surface area contributed by atoms with Crippen LogP contribution in [-0.4, -0.2) is 48.9 Å². The highest BCUT2D eigenvalue weighted by molar-refractivity contribution is 6.35. The molecule has 2 amide bonds. The number of carbonyl (C=O) groups is 2. The van der Waals surface area contributed by atoms with Gasteiger partial charge in [-0.25, -0.2) is 0 Å². The molecule has 0 aromatic carbocycles. The molecule has 0 saturated heterocycles. The number of likely N-dealkylation sites (N-methyl/N-ethyl adjacent to an activating group) is 1. The summed E-state index contributed by atoms with van der Waals surface area (Å²) in [7, 11) is 3.79. The molecule has 6 heteroatoms. The van der Waals surface area contributed by atoms with Gasteiger partial charge in [0, 0.05) is 19.3 Å². The van der Waals surface area contributed by atoms with E-state index in [2.05, 4.69) is 15.6 Å². The molecule has 1 rings (SSSR count). The van der Waals surface area contributed by atoms with Gasteiger partial charge in [0.25, 0.3) is 0 Å². The molecule has 18 heavy (non-hydrogen) atoms. The van der Waals surface area contributed by atoms with Gasteiger partial charge in [0.2, 0.25) is 0 Å². The predicted molar refractivity (Wildman–Crippen MR) is 67.6 cm³/mol. The number of hydrogen-bond acceptors (Lipinski definition) is 4. The fourth-order valence-corrected chi connectivity index (χ4v) is 1.23. The molecule has 1 aromatic rings. The van der Waals surface area contributed by atoms with Gasteiger partial charge >= 0.3 is 11.8 Å². The molecule has 0 unspecified atom stereocenters. The quantitative estimate of drug-likeness (QED) is 0.683. The van der Waals surface area contributed by atoms with E-state index in [0.717, 1.165) is 0 Å². The Morgan fingerprint density at radius 1 is 1.22 bits per heavy atom. The fourth-order valence-electron chi connectivity index (χ4n) is 1.23. The number of carbonyl (C=O) groups excluding carboxylic acids is 2. The number of pyridine rings is 1. The molecule has 0 saturated carbocycles. The Hall–Kier alpha value is -1.95. The minimum atomic E-state index is -0.639. The Morgan fingerprint density at radius 2 is 1.94 bits per heavy atom. The summed E-state index contributed by atoms with van der Waals surface area (Å²) in [5, 5.41) is 5.05. The van der Waals surface area contributed by atoms with Crippen molar-refractivity contribution in [1.82, 2.24) is 20.5 Å². The standard InChI is InChI=1S/C12H18N4O2/c1-16(2)8-7-14-11(17)12(18)15-9-10-5-3-4-6-13-10/h3-6H,7-9H2,1-2H3,(H,14,17)(H,15,18). The Kier molecular flexibility index (Phi) is 5.79. The van der Waals surface area contributed by atoms with E-state index in [-0.39, 0.29) is 6.54 Å². The lowest BCUT2D eigenvalue weighted by Crippen LogP contribution is -2.41. The van der Waals surface area contributed by atoms with Crippen LogP contribution >= 0.6 is 0 Å². The lowest BCUT2D eigenvalue weighted by atomic mass is 10.3. The third-order valence-corrected chi connectivity index (χ3v) is 2.21. The van der Waals surface area contributed by atoms with Gasteiger partial charge in [-0.2, -0.15) is 0 Å². The summed E-state index contributed by atoms with van der Waals surface area (Å²) in [6.45, 7) is 1.39. The topological polar surface area (TPSA) is 74.3 Å². The maximum atomic E-state index is 11.4. The summed E-state index contributed by atoms with van der Waals surface area (Å²) < 4.78 is 0. The van der Waals surface area contributed by atoms with Gasteiger partial charge in [0.1, 0.15) is 0 Å². The van der Waals surface area contributed by atoms with E-state index in [1.165, 1.54) is 0 Å². The molecule has 1 heterocycles. The summed E-state index contributed by atoms with van der Waals surface area (Å²) >= 11 is 0. The lowest BCUT2D eigenvalue weighted by Gasteiger charge is -2.10. The van der Waals surface area contributed by atoms with E-state index in [4.69, 9.17) is 0 Å². The van der Waals surface area contributed by atoms with Crippen molar-refractivity contribution in [2.75, 3.05) is 27.2 Å². The lowest BCUT2D eigenvalue weighted by molar-refractivity contribution is -0.139. The Balaban J connectivity index is 2.26. The Bertz CT molecular complexity index is 392. The van der Waals surface area contributed by atoms with Crippen LogP contribution in [0, 0.1) is 0 Å². The highest BCUT2D eigenvalue weighted by Gasteiger charge is 2.12. The molecule has 0 aliphatic rings. The van der Waals surface area contributed by atoms with Crippen LogP contribution < -0.4 is 10.6 Å². The largest absolute Gasteiger partial charge is 0.347 e. The predicted octanol–water partition coefficient (Wildman–Crippen LogP) is -0.624. The number of amides is 2. The van der Waals surface area contributed by atoms with Crippen molar-refractivity contribution in [3.05, 3.63) is 30.1 Å². The molecule has 98 valence electrons. The van der Waals surface area contributed by atoms with Crippen LogP contribution in [0.5, 0.6) is 0 Å². The van der Waals surface area contributed by atoms with Crippen LogP contribution in [0.4, 0.5) is 0 Å². The first kappa shape index (κ1) is 14.1. The highest BCUT2D eigenvalue weighted by atomic mass is 16.2. The molecule has 0 fully saturated rings. The second-order valence-corrected chi connectivity index (χ2v) is 4.06. The maximum absolute atomic E-state index is 11.4. The van der Waals surface area contributed by atoms with Crippen molar-refractivity contribution in [2.24, 2.45) is 0 Å². The number of rotatable bonds is 5. The molecule has 1 aromatic heterocycles. The zero-order valence-corrected chi connectivity index (χ0v) is 10.6. The number of nitrogens with one attached hydrogen (secondary N) is 2. The summed E-state index contributed by atoms with van der Waals surface area (Å²) in [5.74, 6) is -1.26. The van der Waals surface area contributed by atoms with Crippen LogP contribution in [0.25, 0.3) is 0 Å². The van der Waals surface area contributed by atoms with Crippen molar-refractivity contribution in [1.29, 1.82) is 0 Å². The second-order valence-electron chi connectivity index (χ2n) is 4.06. The zero-order valence-electron chi connectivity index (χ0n) is 10.6. The van der Waals surface area contributed by atoms with Gasteiger partial charge in [0.15, 0.2) is 0 Å². The monoisotopic (exact) mass is 250 g/mol. The maximum Gasteiger partial charge on any atom is 0.309 e. The summed E-state index contributed by atoms with van der Waals surface area (Å²) in [5.41, 5.74) is 0.715. The van der Waals surface area contributed by atoms with Crippen LogP contribution in [-0.2, 0) is 16.1 Å². The van der Waals surface area contributed by atoms with Gasteiger partial charge in [-0.05, 0) is 26.2 Å². The average Bonchev–Trinajstić information content (AvgIpc) is 2.36. The van der Waals surface area contributed by atoms with Crippen molar-refractivity contribution in [3.63, 3.8) is 0 Å². The molecule has 0 aliphatic carbocycles. The van der Waals surface area contributed by atoms with Gasteiger partial charge in [-0.1, -0.05) is 6.07 Å². The van der Waals surface area contributed by atoms with E-state index in [1.54, 1.807) is 18.3 Å². The van der Waals surface area contributed by atoms with E-state index in [9.17, 15) is 9.59 Å². The molecule has 6 nitrogen and oxygen atoms in total. The molecule has 0 spiro atoms. The van der Waals surface area contributed by atoms with Crippen LogP contribution in [0.2, 0.25) is 0 Å². The fraction of sp³-hybridized carbons (Fsp3) is 0.417. The van der Waals surface area contributed by atoms with Crippen LogP contribution in [0.15, 0.2) is 24.4 Å². The van der Waals surface area contributed by atoms with Gasteiger partial charge in [-0.3, -0.25) is 14.6 Å². The second kappa shape index (κ2) is 7.39. The molecule has 2 N–H and O–H groups in total. The first-order chi connectivity index (χ1) is 8.59. The highest BCUT2D eigenvalue weighted by Crippen LogP contribution is 1.91. The molecule has 0 aliphatic heterocycles. The van der Waals surface area contributed by atoms with Crippen molar-refractivity contribution in [2.45, 2.75) is 6.54 Å².